The number of benzene rings is 1. The highest BCUT2D eigenvalue weighted by atomic mass is 32.2. The number of piperidine rings is 1. The van der Waals surface area contributed by atoms with Crippen molar-refractivity contribution in [1.82, 2.24) is 14.5 Å². The molecule has 1 aliphatic rings. The zero-order valence-electron chi connectivity index (χ0n) is 14.9. The van der Waals surface area contributed by atoms with Crippen molar-refractivity contribution in [2.45, 2.75) is 56.8 Å². The number of likely N-dealkylation sites (tertiary alicyclic amines) is 1. The summed E-state index contributed by atoms with van der Waals surface area (Å²) in [5, 5.41) is 1.56. The molecule has 2 heterocycles. The van der Waals surface area contributed by atoms with Gasteiger partial charge in [0.05, 0.1) is 10.9 Å². The van der Waals surface area contributed by atoms with Crippen molar-refractivity contribution in [3.05, 3.63) is 34.6 Å². The minimum atomic E-state index is 0.0767. The number of para-hydroxylation sites is 1. The molecule has 0 bridgehead atoms. The quantitative estimate of drug-likeness (QED) is 0.608. The minimum absolute atomic E-state index is 0.0767. The lowest BCUT2D eigenvalue weighted by Crippen LogP contribution is -2.36. The van der Waals surface area contributed by atoms with Gasteiger partial charge < -0.3 is 4.90 Å². The Labute approximate surface area is 148 Å². The number of hydrogen-bond donors (Lipinski definition) is 0. The van der Waals surface area contributed by atoms with Crippen LogP contribution in [-0.4, -0.2) is 39.8 Å². The van der Waals surface area contributed by atoms with Crippen molar-refractivity contribution in [2.24, 2.45) is 0 Å². The Morgan fingerprint density at radius 2 is 2.08 bits per heavy atom. The molecule has 1 aromatic heterocycles. The first-order valence-corrected chi connectivity index (χ1v) is 9.91. The molecule has 1 atom stereocenters. The summed E-state index contributed by atoms with van der Waals surface area (Å²) in [6.07, 6.45) is 5.10. The Kier molecular flexibility index (Phi) is 5.61. The Bertz CT molecular complexity index is 756. The van der Waals surface area contributed by atoms with Crippen LogP contribution in [0, 0.1) is 0 Å². The fraction of sp³-hybridized carbons (Fsp3) is 0.579. The normalized spacial score (nSPS) is 19.2. The first kappa shape index (κ1) is 17.5. The number of thioether (sulfide) groups is 1. The Hall–Kier alpha value is -1.33. The van der Waals surface area contributed by atoms with Gasteiger partial charge in [-0.1, -0.05) is 30.3 Å². The van der Waals surface area contributed by atoms with Crippen LogP contribution in [0.15, 0.2) is 34.2 Å². The van der Waals surface area contributed by atoms with Gasteiger partial charge in [0.1, 0.15) is 0 Å². The Morgan fingerprint density at radius 3 is 2.83 bits per heavy atom. The summed E-state index contributed by atoms with van der Waals surface area (Å²) in [4.78, 5) is 20.1. The van der Waals surface area contributed by atoms with Gasteiger partial charge in [-0.2, -0.15) is 0 Å². The highest BCUT2D eigenvalue weighted by Gasteiger charge is 2.19. The molecule has 0 spiro atoms. The molecule has 4 nitrogen and oxygen atoms in total. The van der Waals surface area contributed by atoms with E-state index < -0.39 is 0 Å². The molecule has 0 radical (unpaired) electrons. The summed E-state index contributed by atoms with van der Waals surface area (Å²) >= 11 is 1.73. The molecule has 1 fully saturated rings. The minimum Gasteiger partial charge on any atom is -0.303 e. The molecule has 24 heavy (non-hydrogen) atoms. The first-order valence-electron chi connectivity index (χ1n) is 8.92. The molecule has 0 saturated carbocycles. The van der Waals surface area contributed by atoms with Crippen molar-refractivity contribution in [1.29, 1.82) is 0 Å². The fourth-order valence-corrected chi connectivity index (χ4v) is 4.65. The second-order valence-corrected chi connectivity index (χ2v) is 8.01. The van der Waals surface area contributed by atoms with E-state index in [1.807, 2.05) is 28.8 Å². The summed E-state index contributed by atoms with van der Waals surface area (Å²) < 4.78 is 1.84. The van der Waals surface area contributed by atoms with Gasteiger partial charge in [0, 0.05) is 17.8 Å². The van der Waals surface area contributed by atoms with Gasteiger partial charge in [-0.05, 0) is 58.8 Å². The van der Waals surface area contributed by atoms with Crippen LogP contribution in [0.3, 0.4) is 0 Å². The van der Waals surface area contributed by atoms with Gasteiger partial charge in [-0.3, -0.25) is 9.36 Å². The molecular weight excluding hydrogens is 318 g/mol. The van der Waals surface area contributed by atoms with E-state index in [9.17, 15) is 4.79 Å². The van der Waals surface area contributed by atoms with Crippen LogP contribution < -0.4 is 5.56 Å². The van der Waals surface area contributed by atoms with Crippen LogP contribution in [0.4, 0.5) is 0 Å². The molecule has 2 aromatic rings. The molecule has 1 saturated heterocycles. The molecule has 1 aromatic carbocycles. The zero-order chi connectivity index (χ0) is 17.1. The molecule has 0 unspecified atom stereocenters. The van der Waals surface area contributed by atoms with Gasteiger partial charge in [0.25, 0.3) is 5.56 Å². The third kappa shape index (κ3) is 3.67. The number of rotatable bonds is 5. The molecule has 0 amide bonds. The molecule has 5 heteroatoms. The first-order chi connectivity index (χ1) is 11.6. The Morgan fingerprint density at radius 1 is 1.29 bits per heavy atom. The van der Waals surface area contributed by atoms with Crippen molar-refractivity contribution in [3.63, 3.8) is 0 Å². The number of nitrogens with zero attached hydrogens (tertiary/aromatic N) is 3. The van der Waals surface area contributed by atoms with Crippen LogP contribution in [0.25, 0.3) is 10.9 Å². The van der Waals surface area contributed by atoms with E-state index in [2.05, 4.69) is 25.8 Å². The van der Waals surface area contributed by atoms with Gasteiger partial charge in [-0.25, -0.2) is 4.98 Å². The van der Waals surface area contributed by atoms with E-state index >= 15 is 0 Å². The van der Waals surface area contributed by atoms with Gasteiger partial charge in [-0.15, -0.1) is 0 Å². The van der Waals surface area contributed by atoms with E-state index in [1.165, 1.54) is 25.8 Å². The maximum Gasteiger partial charge on any atom is 0.262 e. The van der Waals surface area contributed by atoms with Crippen molar-refractivity contribution in [3.8, 4) is 0 Å². The summed E-state index contributed by atoms with van der Waals surface area (Å²) in [5.41, 5.74) is 0.879. The van der Waals surface area contributed by atoms with E-state index in [1.54, 1.807) is 11.8 Å². The third-order valence-corrected chi connectivity index (χ3v) is 5.88. The van der Waals surface area contributed by atoms with E-state index in [0.717, 1.165) is 22.8 Å². The average Bonchev–Trinajstić information content (AvgIpc) is 2.56. The van der Waals surface area contributed by atoms with Crippen LogP contribution in [0.5, 0.6) is 0 Å². The van der Waals surface area contributed by atoms with Crippen LogP contribution >= 0.6 is 11.8 Å². The van der Waals surface area contributed by atoms with Crippen LogP contribution in [-0.2, 0) is 0 Å². The molecule has 1 aliphatic heterocycles. The van der Waals surface area contributed by atoms with Gasteiger partial charge in [0.2, 0.25) is 0 Å². The monoisotopic (exact) mass is 345 g/mol. The van der Waals surface area contributed by atoms with Crippen molar-refractivity contribution >= 4 is 22.7 Å². The van der Waals surface area contributed by atoms with Gasteiger partial charge >= 0.3 is 0 Å². The fourth-order valence-electron chi connectivity index (χ4n) is 3.48. The topological polar surface area (TPSA) is 38.1 Å². The summed E-state index contributed by atoms with van der Waals surface area (Å²) in [6, 6.07) is 8.44. The van der Waals surface area contributed by atoms with E-state index in [4.69, 9.17) is 4.98 Å². The van der Waals surface area contributed by atoms with Crippen LogP contribution in [0.2, 0.25) is 0 Å². The highest BCUT2D eigenvalue weighted by Crippen LogP contribution is 2.24. The standard InChI is InChI=1S/C19H27N3OS/c1-14(2)22-18(23)16-9-4-5-10-17(16)20-19(22)24-13-11-15-8-6-7-12-21(15)3/h4-5,9-10,14-15H,6-8,11-13H2,1-3H3/t15-/m0/s1. The smallest absolute Gasteiger partial charge is 0.262 e. The second kappa shape index (κ2) is 7.70. The highest BCUT2D eigenvalue weighted by molar-refractivity contribution is 7.99. The largest absolute Gasteiger partial charge is 0.303 e. The lowest BCUT2D eigenvalue weighted by Gasteiger charge is -2.32. The van der Waals surface area contributed by atoms with Crippen LogP contribution in [0.1, 0.15) is 45.6 Å². The lowest BCUT2D eigenvalue weighted by molar-refractivity contribution is 0.182. The predicted molar refractivity (Wildman–Crippen MR) is 102 cm³/mol. The number of aromatic nitrogens is 2. The van der Waals surface area contributed by atoms with Crippen molar-refractivity contribution in [2.75, 3.05) is 19.3 Å². The zero-order valence-corrected chi connectivity index (χ0v) is 15.7. The average molecular weight is 346 g/mol. The second-order valence-electron chi connectivity index (χ2n) is 6.95. The van der Waals surface area contributed by atoms with Gasteiger partial charge in [0.15, 0.2) is 5.16 Å². The van der Waals surface area contributed by atoms with E-state index in [0.29, 0.717) is 11.4 Å². The molecule has 0 aliphatic carbocycles. The lowest BCUT2D eigenvalue weighted by atomic mass is 10.0. The Balaban J connectivity index is 1.80. The molecular formula is C19H27N3OS. The number of fused-ring (bicyclic) bond motifs is 1. The maximum atomic E-state index is 12.8. The summed E-state index contributed by atoms with van der Waals surface area (Å²) in [5.74, 6) is 1.01. The SMILES string of the molecule is CC(C)n1c(SCC[C@@H]2CCCCN2C)nc2ccccc2c1=O. The van der Waals surface area contributed by atoms with E-state index in [-0.39, 0.29) is 11.6 Å². The molecule has 0 N–H and O–H groups in total. The summed E-state index contributed by atoms with van der Waals surface area (Å²) in [6.45, 7) is 5.31. The predicted octanol–water partition coefficient (Wildman–Crippen LogP) is 3.94. The third-order valence-electron chi connectivity index (χ3n) is 4.90. The molecule has 3 rings (SSSR count). The maximum absolute atomic E-state index is 12.8. The van der Waals surface area contributed by atoms with Crippen molar-refractivity contribution < 1.29 is 0 Å². The molecule has 130 valence electrons. The summed E-state index contributed by atoms with van der Waals surface area (Å²) in [7, 11) is 2.23. The number of hydrogen-bond acceptors (Lipinski definition) is 4.